The van der Waals surface area contributed by atoms with Crippen molar-refractivity contribution in [1.29, 1.82) is 0 Å². The minimum atomic E-state index is -0.00687. The summed E-state index contributed by atoms with van der Waals surface area (Å²) in [5.41, 5.74) is 3.82. The second-order valence-electron chi connectivity index (χ2n) is 8.74. The highest BCUT2D eigenvalue weighted by molar-refractivity contribution is 5.96. The molecule has 0 unspecified atom stereocenters. The molecule has 0 spiro atoms. The van der Waals surface area contributed by atoms with E-state index in [1.165, 1.54) is 0 Å². The van der Waals surface area contributed by atoms with Crippen molar-refractivity contribution in [2.75, 3.05) is 20.8 Å². The SMILES string of the molecule is COc1ccc(-n2c(C)cc(C(=O)N(C)[C@@H]3[C@H]4CCO[C@@H]4C3(C)C)c2C)cc1. The molecule has 5 heteroatoms. The van der Waals surface area contributed by atoms with Crippen LogP contribution in [-0.4, -0.2) is 48.3 Å². The summed E-state index contributed by atoms with van der Waals surface area (Å²) in [6, 6.07) is 10.2. The highest BCUT2D eigenvalue weighted by atomic mass is 16.5. The molecule has 1 saturated carbocycles. The van der Waals surface area contributed by atoms with Crippen LogP contribution in [0.3, 0.4) is 0 Å². The lowest BCUT2D eigenvalue weighted by atomic mass is 9.56. The van der Waals surface area contributed by atoms with E-state index in [2.05, 4.69) is 18.4 Å². The fourth-order valence-corrected chi connectivity index (χ4v) is 5.51. The van der Waals surface area contributed by atoms with Gasteiger partial charge in [0, 0.05) is 48.1 Å². The number of methoxy groups -OCH3 is 1. The summed E-state index contributed by atoms with van der Waals surface area (Å²) in [6.07, 6.45) is 1.32. The van der Waals surface area contributed by atoms with Gasteiger partial charge in [0.25, 0.3) is 5.91 Å². The first-order valence-electron chi connectivity index (χ1n) is 9.99. The fourth-order valence-electron chi connectivity index (χ4n) is 5.51. The summed E-state index contributed by atoms with van der Waals surface area (Å²) in [4.78, 5) is 15.4. The lowest BCUT2D eigenvalue weighted by Gasteiger charge is -2.57. The number of aryl methyl sites for hydroxylation is 1. The second kappa shape index (κ2) is 6.66. The smallest absolute Gasteiger partial charge is 0.255 e. The van der Waals surface area contributed by atoms with Crippen molar-refractivity contribution in [1.82, 2.24) is 9.47 Å². The van der Waals surface area contributed by atoms with Crippen LogP contribution in [0.2, 0.25) is 0 Å². The molecule has 2 fully saturated rings. The highest BCUT2D eigenvalue weighted by Crippen LogP contribution is 2.54. The molecule has 1 aliphatic heterocycles. The predicted octanol–water partition coefficient (Wildman–Crippen LogP) is 3.99. The first-order valence-corrected chi connectivity index (χ1v) is 9.99. The molecule has 150 valence electrons. The first kappa shape index (κ1) is 19.1. The van der Waals surface area contributed by atoms with Crippen molar-refractivity contribution >= 4 is 5.91 Å². The van der Waals surface area contributed by atoms with Gasteiger partial charge in [0.15, 0.2) is 0 Å². The van der Waals surface area contributed by atoms with Crippen LogP contribution >= 0.6 is 0 Å². The zero-order valence-corrected chi connectivity index (χ0v) is 17.7. The topological polar surface area (TPSA) is 43.7 Å². The zero-order chi connectivity index (χ0) is 20.2. The summed E-state index contributed by atoms with van der Waals surface area (Å²) in [5, 5.41) is 0. The van der Waals surface area contributed by atoms with Crippen LogP contribution in [0.15, 0.2) is 30.3 Å². The van der Waals surface area contributed by atoms with Crippen molar-refractivity contribution < 1.29 is 14.3 Å². The number of hydrogen-bond donors (Lipinski definition) is 0. The van der Waals surface area contributed by atoms with Gasteiger partial charge in [-0.25, -0.2) is 0 Å². The van der Waals surface area contributed by atoms with Crippen LogP contribution in [0.5, 0.6) is 5.75 Å². The monoisotopic (exact) mass is 382 g/mol. The Labute approximate surface area is 167 Å². The number of benzene rings is 1. The molecule has 1 aliphatic carbocycles. The molecule has 0 bridgehead atoms. The zero-order valence-electron chi connectivity index (χ0n) is 17.7. The van der Waals surface area contributed by atoms with Gasteiger partial charge < -0.3 is 18.9 Å². The van der Waals surface area contributed by atoms with Gasteiger partial charge in [-0.15, -0.1) is 0 Å². The largest absolute Gasteiger partial charge is 0.497 e. The molecule has 2 heterocycles. The predicted molar refractivity (Wildman–Crippen MR) is 109 cm³/mol. The highest BCUT2D eigenvalue weighted by Gasteiger charge is 2.61. The molecule has 0 radical (unpaired) electrons. The summed E-state index contributed by atoms with van der Waals surface area (Å²) in [6.45, 7) is 9.31. The van der Waals surface area contributed by atoms with E-state index >= 15 is 0 Å². The average Bonchev–Trinajstić information content (AvgIpc) is 3.24. The number of amides is 1. The van der Waals surface area contributed by atoms with E-state index in [4.69, 9.17) is 9.47 Å². The Balaban J connectivity index is 1.63. The van der Waals surface area contributed by atoms with Gasteiger partial charge >= 0.3 is 0 Å². The van der Waals surface area contributed by atoms with Crippen LogP contribution in [0.4, 0.5) is 0 Å². The van der Waals surface area contributed by atoms with E-state index < -0.39 is 0 Å². The lowest BCUT2D eigenvalue weighted by Crippen LogP contribution is -2.66. The summed E-state index contributed by atoms with van der Waals surface area (Å²) in [5.74, 6) is 1.37. The Morgan fingerprint density at radius 3 is 2.57 bits per heavy atom. The van der Waals surface area contributed by atoms with Crippen LogP contribution in [-0.2, 0) is 4.74 Å². The molecule has 1 aromatic carbocycles. The van der Waals surface area contributed by atoms with Crippen molar-refractivity contribution in [3.05, 3.63) is 47.3 Å². The normalized spacial score (nSPS) is 25.1. The first-order chi connectivity index (χ1) is 13.3. The number of hydrogen-bond acceptors (Lipinski definition) is 3. The van der Waals surface area contributed by atoms with Gasteiger partial charge in [0.05, 0.1) is 18.8 Å². The number of nitrogens with zero attached hydrogens (tertiary/aromatic N) is 2. The van der Waals surface area contributed by atoms with E-state index in [1.54, 1.807) is 7.11 Å². The molecule has 4 rings (SSSR count). The third kappa shape index (κ3) is 2.67. The number of ether oxygens (including phenoxy) is 2. The Bertz CT molecular complexity index is 897. The van der Waals surface area contributed by atoms with Gasteiger partial charge in [0.2, 0.25) is 0 Å². The van der Waals surface area contributed by atoms with Gasteiger partial charge in [-0.05, 0) is 50.6 Å². The number of carbonyl (C=O) groups excluding carboxylic acids is 1. The molecule has 3 atom stereocenters. The molecule has 1 amide bonds. The van der Waals surface area contributed by atoms with Gasteiger partial charge in [-0.3, -0.25) is 4.79 Å². The molecule has 2 aliphatic rings. The molecule has 2 aromatic rings. The van der Waals surface area contributed by atoms with Gasteiger partial charge in [0.1, 0.15) is 5.75 Å². The fraction of sp³-hybridized carbons (Fsp3) is 0.522. The van der Waals surface area contributed by atoms with Crippen molar-refractivity contribution in [2.24, 2.45) is 11.3 Å². The summed E-state index contributed by atoms with van der Waals surface area (Å²) < 4.78 is 13.3. The number of fused-ring (bicyclic) bond motifs is 1. The molecule has 28 heavy (non-hydrogen) atoms. The quantitative estimate of drug-likeness (QED) is 0.803. The van der Waals surface area contributed by atoms with Gasteiger partial charge in [-0.1, -0.05) is 13.8 Å². The standard InChI is InChI=1S/C23H30N2O3/c1-14-13-19(15(2)25(14)16-7-9-17(27-6)10-8-16)22(26)24(5)20-18-11-12-28-21(18)23(20,3)4/h7-10,13,18,20-21H,11-12H2,1-6H3/t18-,20-,21+/m1/s1. The van der Waals surface area contributed by atoms with Crippen molar-refractivity contribution in [2.45, 2.75) is 46.3 Å². The second-order valence-corrected chi connectivity index (χ2v) is 8.74. The Morgan fingerprint density at radius 1 is 1.25 bits per heavy atom. The van der Waals surface area contributed by atoms with E-state index in [1.807, 2.05) is 56.1 Å². The third-order valence-corrected chi connectivity index (χ3v) is 6.77. The Morgan fingerprint density at radius 2 is 1.93 bits per heavy atom. The molecule has 0 N–H and O–H groups in total. The average molecular weight is 383 g/mol. The minimum Gasteiger partial charge on any atom is -0.497 e. The van der Waals surface area contributed by atoms with Crippen molar-refractivity contribution in [3.8, 4) is 11.4 Å². The Kier molecular flexibility index (Phi) is 4.53. The lowest BCUT2D eigenvalue weighted by molar-refractivity contribution is -0.139. The van der Waals surface area contributed by atoms with Crippen LogP contribution in [0.25, 0.3) is 5.69 Å². The summed E-state index contributed by atoms with van der Waals surface area (Å²) in [7, 11) is 3.61. The maximum Gasteiger partial charge on any atom is 0.255 e. The number of aromatic nitrogens is 1. The number of rotatable bonds is 4. The minimum absolute atomic E-state index is 0.00687. The molecule has 5 nitrogen and oxygen atoms in total. The maximum absolute atomic E-state index is 13.4. The molecular weight excluding hydrogens is 352 g/mol. The Hall–Kier alpha value is -2.27. The molecule has 1 aromatic heterocycles. The van der Waals surface area contributed by atoms with E-state index in [9.17, 15) is 4.79 Å². The van der Waals surface area contributed by atoms with Crippen LogP contribution in [0.1, 0.15) is 42.0 Å². The number of carbonyl (C=O) groups is 1. The summed E-state index contributed by atoms with van der Waals surface area (Å²) >= 11 is 0. The third-order valence-electron chi connectivity index (χ3n) is 6.77. The van der Waals surface area contributed by atoms with E-state index in [0.29, 0.717) is 5.92 Å². The maximum atomic E-state index is 13.4. The van der Waals surface area contributed by atoms with Crippen molar-refractivity contribution in [3.63, 3.8) is 0 Å². The van der Waals surface area contributed by atoms with Crippen LogP contribution < -0.4 is 4.74 Å². The van der Waals surface area contributed by atoms with E-state index in [0.717, 1.165) is 41.4 Å². The van der Waals surface area contributed by atoms with Crippen LogP contribution in [0, 0.1) is 25.2 Å². The molecule has 1 saturated heterocycles. The van der Waals surface area contributed by atoms with E-state index in [-0.39, 0.29) is 23.5 Å². The van der Waals surface area contributed by atoms with Gasteiger partial charge in [-0.2, -0.15) is 0 Å². The molecular formula is C23H30N2O3.